The summed E-state index contributed by atoms with van der Waals surface area (Å²) >= 11 is 0. The van der Waals surface area contributed by atoms with Crippen LogP contribution in [0.2, 0.25) is 0 Å². The molecule has 0 N–H and O–H groups in total. The standard InChI is InChI=1S/C21H28N2O/c1-21(2)13-18(7-10-24-21)16-5-6-17-12-20(22-14-19(17)11-16)15-23-8-3-4-9-23/h5-6,11-12,14,18H,3-4,7-10,13,15H2,1-2H3. The van der Waals surface area contributed by atoms with Crippen LogP contribution in [0, 0.1) is 0 Å². The normalized spacial score (nSPS) is 24.5. The van der Waals surface area contributed by atoms with E-state index in [1.807, 2.05) is 0 Å². The third-order valence-electron chi connectivity index (χ3n) is 5.56. The van der Waals surface area contributed by atoms with E-state index < -0.39 is 0 Å². The molecular weight excluding hydrogens is 296 g/mol. The van der Waals surface area contributed by atoms with Crippen molar-refractivity contribution in [2.45, 2.75) is 57.6 Å². The molecule has 1 atom stereocenters. The summed E-state index contributed by atoms with van der Waals surface area (Å²) in [4.78, 5) is 7.23. The van der Waals surface area contributed by atoms with Crippen LogP contribution in [0.25, 0.3) is 10.8 Å². The van der Waals surface area contributed by atoms with Crippen molar-refractivity contribution in [2.24, 2.45) is 0 Å². The zero-order chi connectivity index (χ0) is 16.6. The first kappa shape index (κ1) is 16.0. The van der Waals surface area contributed by atoms with Gasteiger partial charge in [0.05, 0.1) is 11.3 Å². The van der Waals surface area contributed by atoms with Gasteiger partial charge < -0.3 is 4.74 Å². The van der Waals surface area contributed by atoms with Gasteiger partial charge in [-0.2, -0.15) is 0 Å². The van der Waals surface area contributed by atoms with Crippen molar-refractivity contribution in [1.29, 1.82) is 0 Å². The van der Waals surface area contributed by atoms with Crippen molar-refractivity contribution in [3.8, 4) is 0 Å². The molecule has 128 valence electrons. The van der Waals surface area contributed by atoms with Gasteiger partial charge >= 0.3 is 0 Å². The lowest BCUT2D eigenvalue weighted by atomic mass is 9.83. The van der Waals surface area contributed by atoms with Crippen molar-refractivity contribution >= 4 is 10.8 Å². The molecule has 0 spiro atoms. The zero-order valence-corrected chi connectivity index (χ0v) is 14.9. The van der Waals surface area contributed by atoms with Crippen LogP contribution in [0.1, 0.15) is 56.7 Å². The van der Waals surface area contributed by atoms with Gasteiger partial charge in [-0.15, -0.1) is 0 Å². The molecular formula is C21H28N2O. The molecule has 2 aliphatic rings. The zero-order valence-electron chi connectivity index (χ0n) is 14.9. The molecule has 0 radical (unpaired) electrons. The average Bonchev–Trinajstić information content (AvgIpc) is 3.06. The fourth-order valence-corrected chi connectivity index (χ4v) is 4.23. The maximum absolute atomic E-state index is 5.87. The van der Waals surface area contributed by atoms with E-state index in [-0.39, 0.29) is 5.60 Å². The fourth-order valence-electron chi connectivity index (χ4n) is 4.23. The Kier molecular flexibility index (Phi) is 4.31. The summed E-state index contributed by atoms with van der Waals surface area (Å²) in [6.45, 7) is 8.70. The Labute approximate surface area is 145 Å². The number of pyridine rings is 1. The number of benzene rings is 1. The number of hydrogen-bond donors (Lipinski definition) is 0. The largest absolute Gasteiger partial charge is 0.376 e. The molecule has 2 saturated heterocycles. The molecule has 3 heterocycles. The Morgan fingerprint density at radius 2 is 2.00 bits per heavy atom. The first-order chi connectivity index (χ1) is 11.6. The maximum Gasteiger partial charge on any atom is 0.0632 e. The van der Waals surface area contributed by atoms with Gasteiger partial charge in [0, 0.05) is 24.7 Å². The summed E-state index contributed by atoms with van der Waals surface area (Å²) < 4.78 is 5.87. The van der Waals surface area contributed by atoms with Crippen LogP contribution < -0.4 is 0 Å². The highest BCUT2D eigenvalue weighted by Gasteiger charge is 2.29. The number of nitrogens with zero attached hydrogens (tertiary/aromatic N) is 2. The highest BCUT2D eigenvalue weighted by Crippen LogP contribution is 2.36. The van der Waals surface area contributed by atoms with E-state index in [0.29, 0.717) is 5.92 Å². The van der Waals surface area contributed by atoms with Gasteiger partial charge in [-0.25, -0.2) is 0 Å². The second-order valence-electron chi connectivity index (χ2n) is 8.06. The minimum atomic E-state index is -0.00426. The summed E-state index contributed by atoms with van der Waals surface area (Å²) in [5.41, 5.74) is 2.63. The van der Waals surface area contributed by atoms with E-state index >= 15 is 0 Å². The highest BCUT2D eigenvalue weighted by molar-refractivity contribution is 5.82. The van der Waals surface area contributed by atoms with Crippen molar-refractivity contribution in [1.82, 2.24) is 9.88 Å². The number of ether oxygens (including phenoxy) is 1. The van der Waals surface area contributed by atoms with Crippen LogP contribution in [0.5, 0.6) is 0 Å². The van der Waals surface area contributed by atoms with Crippen molar-refractivity contribution in [3.05, 3.63) is 41.7 Å². The second-order valence-corrected chi connectivity index (χ2v) is 8.06. The Balaban J connectivity index is 1.55. The van der Waals surface area contributed by atoms with E-state index in [0.717, 1.165) is 26.0 Å². The molecule has 3 nitrogen and oxygen atoms in total. The number of hydrogen-bond acceptors (Lipinski definition) is 3. The Hall–Kier alpha value is -1.45. The summed E-state index contributed by atoms with van der Waals surface area (Å²) in [5.74, 6) is 0.599. The van der Waals surface area contributed by atoms with Crippen molar-refractivity contribution in [2.75, 3.05) is 19.7 Å². The fraction of sp³-hybridized carbons (Fsp3) is 0.571. The molecule has 0 aliphatic carbocycles. The first-order valence-electron chi connectivity index (χ1n) is 9.34. The van der Waals surface area contributed by atoms with Gasteiger partial charge in [0.1, 0.15) is 0 Å². The molecule has 2 aliphatic heterocycles. The lowest BCUT2D eigenvalue weighted by molar-refractivity contribution is -0.0592. The predicted octanol–water partition coefficient (Wildman–Crippen LogP) is 4.50. The van der Waals surface area contributed by atoms with Crippen LogP contribution in [0.4, 0.5) is 0 Å². The van der Waals surface area contributed by atoms with Gasteiger partial charge in [0.15, 0.2) is 0 Å². The first-order valence-corrected chi connectivity index (χ1v) is 9.34. The van der Waals surface area contributed by atoms with Crippen LogP contribution >= 0.6 is 0 Å². The molecule has 1 aromatic heterocycles. The third-order valence-corrected chi connectivity index (χ3v) is 5.56. The Morgan fingerprint density at radius 1 is 1.17 bits per heavy atom. The highest BCUT2D eigenvalue weighted by atomic mass is 16.5. The average molecular weight is 324 g/mol. The SMILES string of the molecule is CC1(C)CC(c2ccc3cc(CN4CCCC4)ncc3c2)CCO1. The lowest BCUT2D eigenvalue weighted by Crippen LogP contribution is -2.32. The van der Waals surface area contributed by atoms with Gasteiger partial charge in [0.25, 0.3) is 0 Å². The quantitative estimate of drug-likeness (QED) is 0.831. The summed E-state index contributed by atoms with van der Waals surface area (Å²) in [7, 11) is 0. The minimum Gasteiger partial charge on any atom is -0.376 e. The van der Waals surface area contributed by atoms with Crippen LogP contribution in [-0.4, -0.2) is 35.2 Å². The topological polar surface area (TPSA) is 25.4 Å². The number of likely N-dealkylation sites (tertiary alicyclic amines) is 1. The molecule has 3 heteroatoms. The molecule has 2 aromatic rings. The smallest absolute Gasteiger partial charge is 0.0632 e. The lowest BCUT2D eigenvalue weighted by Gasteiger charge is -2.35. The molecule has 0 saturated carbocycles. The summed E-state index contributed by atoms with van der Waals surface area (Å²) in [5, 5.41) is 2.58. The summed E-state index contributed by atoms with van der Waals surface area (Å²) in [6, 6.07) is 9.20. The van der Waals surface area contributed by atoms with E-state index in [1.54, 1.807) is 0 Å². The Bertz CT molecular complexity index is 719. The molecule has 1 aromatic carbocycles. The number of rotatable bonds is 3. The molecule has 1 unspecified atom stereocenters. The van der Waals surface area contributed by atoms with Crippen LogP contribution in [-0.2, 0) is 11.3 Å². The van der Waals surface area contributed by atoms with Crippen LogP contribution in [0.15, 0.2) is 30.5 Å². The maximum atomic E-state index is 5.87. The van der Waals surface area contributed by atoms with E-state index in [4.69, 9.17) is 9.72 Å². The van der Waals surface area contributed by atoms with Crippen molar-refractivity contribution in [3.63, 3.8) is 0 Å². The van der Waals surface area contributed by atoms with E-state index in [2.05, 4.69) is 49.2 Å². The molecule has 0 amide bonds. The van der Waals surface area contributed by atoms with Gasteiger partial charge in [-0.1, -0.05) is 12.1 Å². The monoisotopic (exact) mass is 324 g/mol. The second kappa shape index (κ2) is 6.45. The molecule has 0 bridgehead atoms. The minimum absolute atomic E-state index is 0.00426. The molecule has 24 heavy (non-hydrogen) atoms. The molecule has 2 fully saturated rings. The van der Waals surface area contributed by atoms with Crippen LogP contribution in [0.3, 0.4) is 0 Å². The number of fused-ring (bicyclic) bond motifs is 1. The Morgan fingerprint density at radius 3 is 2.79 bits per heavy atom. The summed E-state index contributed by atoms with van der Waals surface area (Å²) in [6.07, 6.45) is 6.94. The van der Waals surface area contributed by atoms with E-state index in [9.17, 15) is 0 Å². The van der Waals surface area contributed by atoms with Crippen molar-refractivity contribution < 1.29 is 4.74 Å². The predicted molar refractivity (Wildman–Crippen MR) is 98.3 cm³/mol. The third kappa shape index (κ3) is 3.47. The van der Waals surface area contributed by atoms with Gasteiger partial charge in [-0.3, -0.25) is 9.88 Å². The van der Waals surface area contributed by atoms with Gasteiger partial charge in [0.2, 0.25) is 0 Å². The molecule has 4 rings (SSSR count). The van der Waals surface area contributed by atoms with E-state index in [1.165, 1.54) is 48.0 Å². The van der Waals surface area contributed by atoms with Gasteiger partial charge in [-0.05, 0) is 81.6 Å². The number of aromatic nitrogens is 1.